The van der Waals surface area contributed by atoms with E-state index in [9.17, 15) is 4.79 Å². The van der Waals surface area contributed by atoms with Gasteiger partial charge in [0.05, 0.1) is 25.5 Å². The van der Waals surface area contributed by atoms with Crippen LogP contribution in [-0.4, -0.2) is 41.4 Å². The van der Waals surface area contributed by atoms with Gasteiger partial charge in [-0.3, -0.25) is 9.48 Å². The van der Waals surface area contributed by atoms with Gasteiger partial charge in [-0.15, -0.1) is 0 Å². The Balaban J connectivity index is 1.55. The van der Waals surface area contributed by atoms with E-state index in [1.54, 1.807) is 0 Å². The van der Waals surface area contributed by atoms with E-state index in [4.69, 9.17) is 14.2 Å². The number of fused-ring (bicyclic) bond motifs is 1. The molecule has 1 spiro atoms. The molecule has 6 nitrogen and oxygen atoms in total. The molecule has 1 saturated heterocycles. The van der Waals surface area contributed by atoms with Crippen LogP contribution in [0.1, 0.15) is 37.4 Å². The Morgan fingerprint density at radius 1 is 1.48 bits per heavy atom. The van der Waals surface area contributed by atoms with E-state index < -0.39 is 5.79 Å². The molecule has 0 unspecified atom stereocenters. The van der Waals surface area contributed by atoms with E-state index in [2.05, 4.69) is 11.3 Å². The summed E-state index contributed by atoms with van der Waals surface area (Å²) in [5.74, 6) is -0.549. The first-order valence-electron chi connectivity index (χ1n) is 7.69. The highest BCUT2D eigenvalue weighted by atomic mass is 16.7. The van der Waals surface area contributed by atoms with Crippen LogP contribution in [0.5, 0.6) is 0 Å². The number of rotatable bonds is 5. The Morgan fingerprint density at radius 3 is 3.05 bits per heavy atom. The summed E-state index contributed by atoms with van der Waals surface area (Å²) < 4.78 is 18.4. The first-order valence-corrected chi connectivity index (χ1v) is 7.69. The van der Waals surface area contributed by atoms with Crippen molar-refractivity contribution in [3.8, 4) is 0 Å². The van der Waals surface area contributed by atoms with Crippen molar-refractivity contribution in [2.24, 2.45) is 0 Å². The molecule has 0 atom stereocenters. The number of hydrogen-bond donors (Lipinski definition) is 0. The number of hydrogen-bond acceptors (Lipinski definition) is 5. The van der Waals surface area contributed by atoms with Gasteiger partial charge < -0.3 is 14.2 Å². The van der Waals surface area contributed by atoms with Gasteiger partial charge in [0.15, 0.2) is 5.79 Å². The normalized spacial score (nSPS) is 19.7. The number of carbonyl (C=O) groups is 1. The molecule has 1 fully saturated rings. The zero-order valence-corrected chi connectivity index (χ0v) is 12.5. The molecule has 2 heterocycles. The Morgan fingerprint density at radius 2 is 2.29 bits per heavy atom. The van der Waals surface area contributed by atoms with Crippen LogP contribution in [0, 0.1) is 0 Å². The highest BCUT2D eigenvalue weighted by Gasteiger charge is 2.40. The number of aryl methyl sites for hydroxylation is 2. The Bertz CT molecular complexity index is 506. The lowest BCUT2D eigenvalue weighted by Gasteiger charge is -2.30. The minimum atomic E-state index is -0.411. The molecule has 1 aliphatic heterocycles. The average Bonchev–Trinajstić information content (AvgIpc) is 3.06. The molecule has 0 radical (unpaired) electrons. The van der Waals surface area contributed by atoms with Crippen molar-refractivity contribution in [2.45, 2.75) is 51.4 Å². The molecule has 0 saturated carbocycles. The molecule has 0 bridgehead atoms. The second kappa shape index (κ2) is 6.15. The predicted octanol–water partition coefficient (Wildman–Crippen LogP) is 1.46. The molecule has 21 heavy (non-hydrogen) atoms. The van der Waals surface area contributed by atoms with E-state index in [0.717, 1.165) is 37.9 Å². The van der Waals surface area contributed by atoms with Gasteiger partial charge in [0.2, 0.25) is 0 Å². The van der Waals surface area contributed by atoms with Crippen molar-refractivity contribution in [3.63, 3.8) is 0 Å². The molecule has 0 N–H and O–H groups in total. The summed E-state index contributed by atoms with van der Waals surface area (Å²) in [6.45, 7) is 4.37. The fourth-order valence-corrected chi connectivity index (χ4v) is 3.02. The van der Waals surface area contributed by atoms with E-state index in [-0.39, 0.29) is 5.97 Å². The highest BCUT2D eigenvalue weighted by molar-refractivity contribution is 5.69. The lowest BCUT2D eigenvalue weighted by atomic mass is 9.92. The van der Waals surface area contributed by atoms with Gasteiger partial charge in [-0.05, 0) is 25.3 Å². The van der Waals surface area contributed by atoms with Crippen LogP contribution in [0.15, 0.2) is 6.20 Å². The number of aromatic nitrogens is 2. The Kier molecular flexibility index (Phi) is 4.26. The van der Waals surface area contributed by atoms with Crippen molar-refractivity contribution >= 4 is 5.97 Å². The van der Waals surface area contributed by atoms with Gasteiger partial charge >= 0.3 is 5.97 Å². The monoisotopic (exact) mass is 294 g/mol. The van der Waals surface area contributed by atoms with Crippen molar-refractivity contribution < 1.29 is 19.0 Å². The number of ether oxygens (including phenoxy) is 3. The molecule has 2 aliphatic rings. The summed E-state index contributed by atoms with van der Waals surface area (Å²) in [5, 5.41) is 4.60. The molecule has 3 rings (SSSR count). The highest BCUT2D eigenvalue weighted by Crippen LogP contribution is 2.34. The minimum Gasteiger partial charge on any atom is -0.466 e. The van der Waals surface area contributed by atoms with Crippen LogP contribution in [0.3, 0.4) is 0 Å². The molecular formula is C15H22N2O4. The zero-order chi connectivity index (χ0) is 14.7. The van der Waals surface area contributed by atoms with Gasteiger partial charge in [0.1, 0.15) is 0 Å². The Hall–Kier alpha value is -1.40. The van der Waals surface area contributed by atoms with Crippen LogP contribution >= 0.6 is 0 Å². The third-order valence-corrected chi connectivity index (χ3v) is 4.01. The van der Waals surface area contributed by atoms with Gasteiger partial charge in [0, 0.05) is 32.0 Å². The minimum absolute atomic E-state index is 0.138. The lowest BCUT2D eigenvalue weighted by Crippen LogP contribution is -2.36. The molecule has 6 heteroatoms. The summed E-state index contributed by atoms with van der Waals surface area (Å²) in [5.41, 5.74) is 2.34. The third kappa shape index (κ3) is 3.27. The van der Waals surface area contributed by atoms with Crippen LogP contribution in [0.2, 0.25) is 0 Å². The SMILES string of the molecule is CCOC(=O)CCCn1cc2c(n1)CCC1(C2)OCCO1. The van der Waals surface area contributed by atoms with Gasteiger partial charge in [-0.25, -0.2) is 0 Å². The number of nitrogens with zero attached hydrogens (tertiary/aromatic N) is 2. The van der Waals surface area contributed by atoms with Gasteiger partial charge in [-0.2, -0.15) is 5.10 Å². The van der Waals surface area contributed by atoms with Crippen LogP contribution in [-0.2, 0) is 38.4 Å². The maximum Gasteiger partial charge on any atom is 0.305 e. The molecule has 0 amide bonds. The smallest absolute Gasteiger partial charge is 0.305 e. The molecule has 0 aromatic carbocycles. The third-order valence-electron chi connectivity index (χ3n) is 4.01. The molecular weight excluding hydrogens is 272 g/mol. The summed E-state index contributed by atoms with van der Waals surface area (Å²) in [6, 6.07) is 0. The van der Waals surface area contributed by atoms with Gasteiger partial charge in [-0.1, -0.05) is 0 Å². The van der Waals surface area contributed by atoms with Crippen molar-refractivity contribution in [1.82, 2.24) is 9.78 Å². The maximum absolute atomic E-state index is 11.3. The quantitative estimate of drug-likeness (QED) is 0.769. The van der Waals surface area contributed by atoms with E-state index in [1.165, 1.54) is 5.56 Å². The lowest BCUT2D eigenvalue weighted by molar-refractivity contribution is -0.163. The fraction of sp³-hybridized carbons (Fsp3) is 0.733. The zero-order valence-electron chi connectivity index (χ0n) is 12.5. The maximum atomic E-state index is 11.3. The van der Waals surface area contributed by atoms with Crippen LogP contribution in [0.25, 0.3) is 0 Å². The first-order chi connectivity index (χ1) is 10.2. The summed E-state index contributed by atoms with van der Waals surface area (Å²) in [4.78, 5) is 11.3. The van der Waals surface area contributed by atoms with E-state index in [0.29, 0.717) is 26.2 Å². The number of carbonyl (C=O) groups excluding carboxylic acids is 1. The summed E-state index contributed by atoms with van der Waals surface area (Å²) in [7, 11) is 0. The van der Waals surface area contributed by atoms with Crippen LogP contribution < -0.4 is 0 Å². The van der Waals surface area contributed by atoms with E-state index in [1.807, 2.05) is 11.6 Å². The fourth-order valence-electron chi connectivity index (χ4n) is 3.02. The Labute approximate surface area is 124 Å². The number of esters is 1. The standard InChI is InChI=1S/C15H22N2O4/c1-2-19-14(18)4-3-7-17-11-12-10-15(20-8-9-21-15)6-5-13(12)16-17/h11H,2-10H2,1H3. The van der Waals surface area contributed by atoms with Crippen molar-refractivity contribution in [3.05, 3.63) is 17.5 Å². The molecule has 1 aliphatic carbocycles. The predicted molar refractivity (Wildman–Crippen MR) is 74.8 cm³/mol. The average molecular weight is 294 g/mol. The first kappa shape index (κ1) is 14.5. The second-order valence-electron chi connectivity index (χ2n) is 5.56. The van der Waals surface area contributed by atoms with Crippen molar-refractivity contribution in [1.29, 1.82) is 0 Å². The molecule has 1 aromatic heterocycles. The topological polar surface area (TPSA) is 62.6 Å². The molecule has 116 valence electrons. The van der Waals surface area contributed by atoms with Crippen LogP contribution in [0.4, 0.5) is 0 Å². The summed E-state index contributed by atoms with van der Waals surface area (Å²) in [6.07, 6.45) is 5.79. The second-order valence-corrected chi connectivity index (χ2v) is 5.56. The summed E-state index contributed by atoms with van der Waals surface area (Å²) >= 11 is 0. The van der Waals surface area contributed by atoms with E-state index >= 15 is 0 Å². The largest absolute Gasteiger partial charge is 0.466 e. The molecule has 1 aromatic rings. The van der Waals surface area contributed by atoms with Crippen molar-refractivity contribution in [2.75, 3.05) is 19.8 Å². The van der Waals surface area contributed by atoms with Gasteiger partial charge in [0.25, 0.3) is 0 Å².